The zero-order valence-corrected chi connectivity index (χ0v) is 14.4. The molecule has 5 nitrogen and oxygen atoms in total. The topological polar surface area (TPSA) is 72.8 Å². The third-order valence-corrected chi connectivity index (χ3v) is 3.61. The first-order valence-corrected chi connectivity index (χ1v) is 7.94. The highest BCUT2D eigenvalue weighted by Gasteiger charge is 2.09. The van der Waals surface area contributed by atoms with Gasteiger partial charge in [0.15, 0.2) is 0 Å². The minimum Gasteiger partial charge on any atom is -0.494 e. The highest BCUT2D eigenvalue weighted by molar-refractivity contribution is 9.10. The molecule has 0 heterocycles. The van der Waals surface area contributed by atoms with Gasteiger partial charge in [0.25, 0.3) is 0 Å². The van der Waals surface area contributed by atoms with Crippen molar-refractivity contribution in [3.8, 4) is 11.5 Å². The molecule has 0 spiro atoms. The molecule has 0 aliphatic carbocycles. The SMILES string of the molecule is CCOc1ccc(/C=C/C(=O)Oc2ccc(C(=O)O)cc2Br)cc1. The number of carboxylic acids is 1. The molecule has 0 saturated carbocycles. The number of carbonyl (C=O) groups excluding carboxylic acids is 1. The molecule has 2 aromatic carbocycles. The van der Waals surface area contributed by atoms with E-state index in [9.17, 15) is 9.59 Å². The second-order valence-electron chi connectivity index (χ2n) is 4.71. The molecule has 0 fully saturated rings. The largest absolute Gasteiger partial charge is 0.494 e. The molecule has 24 heavy (non-hydrogen) atoms. The van der Waals surface area contributed by atoms with E-state index >= 15 is 0 Å². The van der Waals surface area contributed by atoms with Gasteiger partial charge in [0.05, 0.1) is 16.6 Å². The Morgan fingerprint density at radius 3 is 2.46 bits per heavy atom. The second kappa shape index (κ2) is 8.31. The van der Waals surface area contributed by atoms with Crippen molar-refractivity contribution in [2.45, 2.75) is 6.92 Å². The van der Waals surface area contributed by atoms with Gasteiger partial charge in [-0.15, -0.1) is 0 Å². The summed E-state index contributed by atoms with van der Waals surface area (Å²) in [7, 11) is 0. The van der Waals surface area contributed by atoms with E-state index in [0.717, 1.165) is 11.3 Å². The van der Waals surface area contributed by atoms with Crippen LogP contribution in [-0.4, -0.2) is 23.7 Å². The maximum absolute atomic E-state index is 11.9. The number of esters is 1. The summed E-state index contributed by atoms with van der Waals surface area (Å²) in [6.45, 7) is 2.50. The quantitative estimate of drug-likeness (QED) is 0.455. The minimum absolute atomic E-state index is 0.103. The van der Waals surface area contributed by atoms with Crippen molar-refractivity contribution in [3.05, 3.63) is 64.1 Å². The third-order valence-electron chi connectivity index (χ3n) is 2.99. The number of ether oxygens (including phenoxy) is 2. The van der Waals surface area contributed by atoms with Crippen LogP contribution in [0.2, 0.25) is 0 Å². The lowest BCUT2D eigenvalue weighted by molar-refractivity contribution is -0.128. The van der Waals surface area contributed by atoms with Crippen molar-refractivity contribution in [1.82, 2.24) is 0 Å². The third kappa shape index (κ3) is 4.96. The Morgan fingerprint density at radius 2 is 1.88 bits per heavy atom. The lowest BCUT2D eigenvalue weighted by atomic mass is 10.2. The monoisotopic (exact) mass is 390 g/mol. The average Bonchev–Trinajstić information content (AvgIpc) is 2.56. The summed E-state index contributed by atoms with van der Waals surface area (Å²) in [6.07, 6.45) is 2.92. The molecule has 0 aliphatic heterocycles. The van der Waals surface area contributed by atoms with E-state index in [2.05, 4.69) is 15.9 Å². The summed E-state index contributed by atoms with van der Waals surface area (Å²) in [5.41, 5.74) is 0.933. The number of carbonyl (C=O) groups is 2. The lowest BCUT2D eigenvalue weighted by Gasteiger charge is -2.05. The fourth-order valence-corrected chi connectivity index (χ4v) is 2.32. The molecule has 0 saturated heterocycles. The van der Waals surface area contributed by atoms with Crippen LogP contribution in [0, 0.1) is 0 Å². The normalized spacial score (nSPS) is 10.6. The van der Waals surface area contributed by atoms with Crippen LogP contribution in [0.15, 0.2) is 53.0 Å². The van der Waals surface area contributed by atoms with Crippen molar-refractivity contribution >= 4 is 33.9 Å². The first-order chi connectivity index (χ1) is 11.5. The molecule has 0 atom stereocenters. The van der Waals surface area contributed by atoms with Gasteiger partial charge in [0.2, 0.25) is 0 Å². The van der Waals surface area contributed by atoms with Gasteiger partial charge in [0, 0.05) is 6.08 Å². The molecule has 6 heteroatoms. The van der Waals surface area contributed by atoms with Crippen LogP contribution in [0.5, 0.6) is 11.5 Å². The van der Waals surface area contributed by atoms with E-state index in [1.54, 1.807) is 6.08 Å². The molecule has 0 amide bonds. The smallest absolute Gasteiger partial charge is 0.336 e. The number of rotatable bonds is 6. The Balaban J connectivity index is 2.01. The summed E-state index contributed by atoms with van der Waals surface area (Å²) in [6, 6.07) is 11.5. The summed E-state index contributed by atoms with van der Waals surface area (Å²) in [5, 5.41) is 8.90. The van der Waals surface area contributed by atoms with E-state index in [-0.39, 0.29) is 11.3 Å². The van der Waals surface area contributed by atoms with E-state index in [4.69, 9.17) is 14.6 Å². The molecule has 2 rings (SSSR count). The molecule has 0 aromatic heterocycles. The summed E-state index contributed by atoms with van der Waals surface area (Å²) in [4.78, 5) is 22.7. The fourth-order valence-electron chi connectivity index (χ4n) is 1.87. The van der Waals surface area contributed by atoms with E-state index in [0.29, 0.717) is 11.1 Å². The van der Waals surface area contributed by atoms with Crippen LogP contribution in [0.4, 0.5) is 0 Å². The van der Waals surface area contributed by atoms with Crippen LogP contribution in [0.25, 0.3) is 6.08 Å². The van der Waals surface area contributed by atoms with Crippen molar-refractivity contribution in [2.24, 2.45) is 0 Å². The Hall–Kier alpha value is -2.60. The van der Waals surface area contributed by atoms with Crippen molar-refractivity contribution in [2.75, 3.05) is 6.61 Å². The number of hydrogen-bond acceptors (Lipinski definition) is 4. The van der Waals surface area contributed by atoms with E-state index in [1.165, 1.54) is 24.3 Å². The molecule has 0 unspecified atom stereocenters. The lowest BCUT2D eigenvalue weighted by Crippen LogP contribution is -2.05. The molecule has 0 radical (unpaired) electrons. The van der Waals surface area contributed by atoms with Gasteiger partial charge >= 0.3 is 11.9 Å². The Morgan fingerprint density at radius 1 is 1.17 bits per heavy atom. The van der Waals surface area contributed by atoms with Crippen LogP contribution in [0.1, 0.15) is 22.8 Å². The van der Waals surface area contributed by atoms with Gasteiger partial charge < -0.3 is 14.6 Å². The number of hydrogen-bond donors (Lipinski definition) is 1. The number of carboxylic acid groups (broad SMARTS) is 1. The first kappa shape index (κ1) is 17.7. The summed E-state index contributed by atoms with van der Waals surface area (Å²) in [5.74, 6) is -0.599. The maximum Gasteiger partial charge on any atom is 0.336 e. The van der Waals surface area contributed by atoms with Crippen LogP contribution >= 0.6 is 15.9 Å². The zero-order valence-electron chi connectivity index (χ0n) is 12.9. The van der Waals surface area contributed by atoms with Gasteiger partial charge in [-0.05, 0) is 64.8 Å². The molecule has 124 valence electrons. The minimum atomic E-state index is -1.05. The first-order valence-electron chi connectivity index (χ1n) is 7.15. The molecule has 0 bridgehead atoms. The summed E-state index contributed by atoms with van der Waals surface area (Å²) < 4.78 is 10.9. The Labute approximate surface area is 147 Å². The number of halogens is 1. The predicted molar refractivity (Wildman–Crippen MR) is 93.4 cm³/mol. The van der Waals surface area contributed by atoms with Gasteiger partial charge in [-0.1, -0.05) is 12.1 Å². The highest BCUT2D eigenvalue weighted by Crippen LogP contribution is 2.26. The Kier molecular flexibility index (Phi) is 6.14. The van der Waals surface area contributed by atoms with Crippen molar-refractivity contribution in [1.29, 1.82) is 0 Å². The van der Waals surface area contributed by atoms with Gasteiger partial charge in [-0.25, -0.2) is 9.59 Å². The molecule has 2 aromatic rings. The van der Waals surface area contributed by atoms with Gasteiger partial charge in [-0.3, -0.25) is 0 Å². The highest BCUT2D eigenvalue weighted by atomic mass is 79.9. The van der Waals surface area contributed by atoms with Crippen molar-refractivity contribution in [3.63, 3.8) is 0 Å². The fraction of sp³-hybridized carbons (Fsp3) is 0.111. The van der Waals surface area contributed by atoms with E-state index < -0.39 is 11.9 Å². The second-order valence-corrected chi connectivity index (χ2v) is 5.56. The van der Waals surface area contributed by atoms with Crippen LogP contribution in [0.3, 0.4) is 0 Å². The van der Waals surface area contributed by atoms with Crippen LogP contribution in [-0.2, 0) is 4.79 Å². The molecule has 1 N–H and O–H groups in total. The predicted octanol–water partition coefficient (Wildman–Crippen LogP) is 4.16. The van der Waals surface area contributed by atoms with Crippen LogP contribution < -0.4 is 9.47 Å². The van der Waals surface area contributed by atoms with Crippen molar-refractivity contribution < 1.29 is 24.2 Å². The molecule has 0 aliphatic rings. The summed E-state index contributed by atoms with van der Waals surface area (Å²) >= 11 is 3.18. The number of aromatic carboxylic acids is 1. The average molecular weight is 391 g/mol. The number of benzene rings is 2. The van der Waals surface area contributed by atoms with E-state index in [1.807, 2.05) is 31.2 Å². The zero-order chi connectivity index (χ0) is 17.5. The maximum atomic E-state index is 11.9. The van der Waals surface area contributed by atoms with Gasteiger partial charge in [-0.2, -0.15) is 0 Å². The standard InChI is InChI=1S/C18H15BrO5/c1-2-23-14-7-3-12(4-8-14)5-10-17(20)24-16-9-6-13(18(21)22)11-15(16)19/h3-11H,2H2,1H3,(H,21,22)/b10-5+. The van der Waals surface area contributed by atoms with Gasteiger partial charge in [0.1, 0.15) is 11.5 Å². The Bertz CT molecular complexity index is 765. The molecular weight excluding hydrogens is 376 g/mol. The molecular formula is C18H15BrO5.